The number of aromatic hydroxyl groups is 1. The fourth-order valence-electron chi connectivity index (χ4n) is 2.54. The molecule has 2 aromatic rings. The number of rotatable bonds is 6. The first-order valence-electron chi connectivity index (χ1n) is 7.78. The molecule has 1 aromatic heterocycles. The number of nitrogens with zero attached hydrogens (tertiary/aromatic N) is 2. The molecule has 1 amide bonds. The van der Waals surface area contributed by atoms with Gasteiger partial charge in [-0.05, 0) is 38.0 Å². The summed E-state index contributed by atoms with van der Waals surface area (Å²) in [6, 6.07) is 6.42. The Balaban J connectivity index is 2.15. The molecule has 0 aliphatic heterocycles. The van der Waals surface area contributed by atoms with Gasteiger partial charge in [-0.3, -0.25) is 9.89 Å². The number of benzene rings is 1. The highest BCUT2D eigenvalue weighted by atomic mass is 16.3. The van der Waals surface area contributed by atoms with E-state index in [4.69, 9.17) is 0 Å². The first-order valence-corrected chi connectivity index (χ1v) is 7.78. The van der Waals surface area contributed by atoms with Gasteiger partial charge in [-0.25, -0.2) is 0 Å². The van der Waals surface area contributed by atoms with Gasteiger partial charge < -0.3 is 15.1 Å². The van der Waals surface area contributed by atoms with Crippen molar-refractivity contribution in [2.75, 3.05) is 13.1 Å². The van der Waals surface area contributed by atoms with E-state index in [9.17, 15) is 15.0 Å². The van der Waals surface area contributed by atoms with Gasteiger partial charge in [0.1, 0.15) is 5.75 Å². The topological polar surface area (TPSA) is 89.5 Å². The predicted octanol–water partition coefficient (Wildman–Crippen LogP) is 2.18. The number of amides is 1. The lowest BCUT2D eigenvalue weighted by Gasteiger charge is -2.23. The van der Waals surface area contributed by atoms with Crippen LogP contribution in [0.2, 0.25) is 0 Å². The van der Waals surface area contributed by atoms with E-state index in [2.05, 4.69) is 10.2 Å². The smallest absolute Gasteiger partial charge is 0.274 e. The molecule has 124 valence electrons. The number of carbonyl (C=O) groups is 1. The van der Waals surface area contributed by atoms with Crippen LogP contribution in [0, 0.1) is 6.92 Å². The molecule has 2 rings (SSSR count). The van der Waals surface area contributed by atoms with E-state index in [0.717, 1.165) is 17.7 Å². The molecule has 0 bridgehead atoms. The van der Waals surface area contributed by atoms with Crippen molar-refractivity contribution in [1.29, 1.82) is 0 Å². The molecule has 0 fully saturated rings. The van der Waals surface area contributed by atoms with Crippen LogP contribution < -0.4 is 0 Å². The highest BCUT2D eigenvalue weighted by Crippen LogP contribution is 2.20. The summed E-state index contributed by atoms with van der Waals surface area (Å²) < 4.78 is 0. The molecule has 0 spiro atoms. The Labute approximate surface area is 135 Å². The van der Waals surface area contributed by atoms with Crippen LogP contribution in [-0.4, -0.2) is 44.3 Å². The molecule has 0 radical (unpaired) electrons. The molecule has 1 aromatic carbocycles. The molecular formula is C17H23N3O3. The number of aromatic nitrogens is 2. The van der Waals surface area contributed by atoms with Gasteiger partial charge in [0.05, 0.1) is 12.6 Å². The van der Waals surface area contributed by atoms with E-state index < -0.39 is 6.10 Å². The fraction of sp³-hybridized carbons (Fsp3) is 0.412. The first-order chi connectivity index (χ1) is 11.0. The molecule has 23 heavy (non-hydrogen) atoms. The third-order valence-corrected chi connectivity index (χ3v) is 3.98. The van der Waals surface area contributed by atoms with Gasteiger partial charge in [0.25, 0.3) is 5.91 Å². The molecule has 6 heteroatoms. The minimum atomic E-state index is -0.865. The number of aryl methyl sites for hydroxylation is 1. The summed E-state index contributed by atoms with van der Waals surface area (Å²) in [6.07, 6.45) is -0.0830. The quantitative estimate of drug-likeness (QED) is 0.762. The third kappa shape index (κ3) is 3.71. The molecular weight excluding hydrogens is 294 g/mol. The van der Waals surface area contributed by atoms with Crippen LogP contribution in [-0.2, 0) is 6.42 Å². The van der Waals surface area contributed by atoms with Crippen molar-refractivity contribution in [2.24, 2.45) is 0 Å². The number of likely N-dealkylation sites (N-methyl/N-ethyl adjacent to an activating group) is 1. The fourth-order valence-corrected chi connectivity index (χ4v) is 2.54. The lowest BCUT2D eigenvalue weighted by molar-refractivity contribution is 0.0628. The van der Waals surface area contributed by atoms with Crippen molar-refractivity contribution in [3.05, 3.63) is 46.8 Å². The third-order valence-electron chi connectivity index (χ3n) is 3.98. The molecule has 0 aliphatic rings. The molecule has 6 nitrogen and oxygen atoms in total. The number of aliphatic hydroxyl groups excluding tert-OH is 1. The van der Waals surface area contributed by atoms with Crippen LogP contribution in [0.1, 0.15) is 47.3 Å². The van der Waals surface area contributed by atoms with Gasteiger partial charge in [-0.15, -0.1) is 0 Å². The lowest BCUT2D eigenvalue weighted by atomic mass is 10.1. The summed E-state index contributed by atoms with van der Waals surface area (Å²) in [5, 5.41) is 26.8. The zero-order chi connectivity index (χ0) is 17.0. The van der Waals surface area contributed by atoms with Crippen LogP contribution in [0.5, 0.6) is 5.75 Å². The van der Waals surface area contributed by atoms with Gasteiger partial charge >= 0.3 is 0 Å². The molecule has 0 saturated carbocycles. The second kappa shape index (κ2) is 7.28. The zero-order valence-electron chi connectivity index (χ0n) is 13.7. The van der Waals surface area contributed by atoms with Crippen molar-refractivity contribution in [1.82, 2.24) is 15.1 Å². The average Bonchev–Trinajstić information content (AvgIpc) is 2.92. The Kier molecular flexibility index (Phi) is 5.39. The van der Waals surface area contributed by atoms with Crippen molar-refractivity contribution < 1.29 is 15.0 Å². The second-order valence-corrected chi connectivity index (χ2v) is 5.48. The number of hydrogen-bond acceptors (Lipinski definition) is 4. The maximum atomic E-state index is 12.6. The molecule has 1 unspecified atom stereocenters. The molecule has 1 atom stereocenters. The number of aliphatic hydroxyl groups is 1. The van der Waals surface area contributed by atoms with Crippen LogP contribution in [0.3, 0.4) is 0 Å². The van der Waals surface area contributed by atoms with Crippen LogP contribution >= 0.6 is 0 Å². The minimum Gasteiger partial charge on any atom is -0.508 e. The van der Waals surface area contributed by atoms with E-state index >= 15 is 0 Å². The lowest BCUT2D eigenvalue weighted by Crippen LogP contribution is -2.35. The number of aromatic amines is 1. The number of hydrogen-bond donors (Lipinski definition) is 3. The van der Waals surface area contributed by atoms with E-state index in [-0.39, 0.29) is 18.2 Å². The molecule has 3 N–H and O–H groups in total. The largest absolute Gasteiger partial charge is 0.508 e. The van der Waals surface area contributed by atoms with E-state index in [1.807, 2.05) is 20.8 Å². The standard InChI is InChI=1S/C17H23N3O3/c1-4-14-11(3)16(19-18-14)17(23)20(5-2)10-15(22)12-7-6-8-13(21)9-12/h6-9,15,21-22H,4-5,10H2,1-3H3,(H,18,19). The zero-order valence-corrected chi connectivity index (χ0v) is 13.7. The van der Waals surface area contributed by atoms with Crippen LogP contribution in [0.4, 0.5) is 0 Å². The monoisotopic (exact) mass is 317 g/mol. The highest BCUT2D eigenvalue weighted by Gasteiger charge is 2.23. The van der Waals surface area contributed by atoms with Crippen molar-refractivity contribution in [3.8, 4) is 5.75 Å². The number of carbonyl (C=O) groups excluding carboxylic acids is 1. The summed E-state index contributed by atoms with van der Waals surface area (Å²) in [7, 11) is 0. The maximum absolute atomic E-state index is 12.6. The Bertz CT molecular complexity index is 681. The summed E-state index contributed by atoms with van der Waals surface area (Å²) >= 11 is 0. The first kappa shape index (κ1) is 17.0. The normalized spacial score (nSPS) is 12.2. The molecule has 0 aliphatic carbocycles. The SMILES string of the molecule is CCc1[nH]nc(C(=O)N(CC)CC(O)c2cccc(O)c2)c1C. The van der Waals surface area contributed by atoms with Gasteiger partial charge in [0.2, 0.25) is 0 Å². The van der Waals surface area contributed by atoms with Crippen molar-refractivity contribution in [3.63, 3.8) is 0 Å². The van der Waals surface area contributed by atoms with Gasteiger partial charge in [0, 0.05) is 17.8 Å². The maximum Gasteiger partial charge on any atom is 0.274 e. The average molecular weight is 317 g/mol. The van der Waals surface area contributed by atoms with Gasteiger partial charge in [0.15, 0.2) is 5.69 Å². The van der Waals surface area contributed by atoms with E-state index in [1.54, 1.807) is 23.1 Å². The van der Waals surface area contributed by atoms with Crippen molar-refractivity contribution >= 4 is 5.91 Å². The Morgan fingerprint density at radius 1 is 1.39 bits per heavy atom. The number of H-pyrrole nitrogens is 1. The summed E-state index contributed by atoms with van der Waals surface area (Å²) in [5.74, 6) is -0.119. The van der Waals surface area contributed by atoms with Crippen LogP contribution in [0.25, 0.3) is 0 Å². The highest BCUT2D eigenvalue weighted by molar-refractivity contribution is 5.93. The predicted molar refractivity (Wildman–Crippen MR) is 87.3 cm³/mol. The van der Waals surface area contributed by atoms with Crippen molar-refractivity contribution in [2.45, 2.75) is 33.3 Å². The summed E-state index contributed by atoms with van der Waals surface area (Å²) in [6.45, 7) is 6.33. The molecule has 0 saturated heterocycles. The van der Waals surface area contributed by atoms with Crippen LogP contribution in [0.15, 0.2) is 24.3 Å². The molecule has 1 heterocycles. The van der Waals surface area contributed by atoms with E-state index in [0.29, 0.717) is 17.8 Å². The Morgan fingerprint density at radius 2 is 2.13 bits per heavy atom. The number of nitrogens with one attached hydrogen (secondary N) is 1. The van der Waals surface area contributed by atoms with Gasteiger partial charge in [-0.1, -0.05) is 19.1 Å². The second-order valence-electron chi connectivity index (χ2n) is 5.48. The van der Waals surface area contributed by atoms with E-state index in [1.165, 1.54) is 6.07 Å². The Hall–Kier alpha value is -2.34. The number of phenolic OH excluding ortho intramolecular Hbond substituents is 1. The summed E-state index contributed by atoms with van der Waals surface area (Å²) in [5.41, 5.74) is 2.76. The Morgan fingerprint density at radius 3 is 2.70 bits per heavy atom. The van der Waals surface area contributed by atoms with Gasteiger partial charge in [-0.2, -0.15) is 5.10 Å². The minimum absolute atomic E-state index is 0.0895. The number of phenols is 1. The summed E-state index contributed by atoms with van der Waals surface area (Å²) in [4.78, 5) is 14.2.